The van der Waals surface area contributed by atoms with Gasteiger partial charge in [0.2, 0.25) is 6.41 Å². The Labute approximate surface area is 182 Å². The fourth-order valence-electron chi connectivity index (χ4n) is 5.81. The first-order valence-electron chi connectivity index (χ1n) is 12.2. The van der Waals surface area contributed by atoms with E-state index in [-0.39, 0.29) is 0 Å². The summed E-state index contributed by atoms with van der Waals surface area (Å²) in [5.41, 5.74) is 4.91. The van der Waals surface area contributed by atoms with E-state index in [2.05, 4.69) is 54.0 Å². The summed E-state index contributed by atoms with van der Waals surface area (Å²) >= 11 is 0. The van der Waals surface area contributed by atoms with Crippen LogP contribution in [-0.2, 0) is 4.79 Å². The molecule has 4 heteroatoms. The van der Waals surface area contributed by atoms with Crippen molar-refractivity contribution in [2.24, 2.45) is 5.41 Å². The molecule has 0 aromatic heterocycles. The number of piperidine rings is 1. The highest BCUT2D eigenvalue weighted by Gasteiger charge is 2.32. The second-order valence-electron chi connectivity index (χ2n) is 9.50. The summed E-state index contributed by atoms with van der Waals surface area (Å²) in [7, 11) is 0. The standard InChI is InChI=1S/C26H39N3O/c1-3-26(4-2)14-12-22(13-15-26)23-9-5-6-10-24(23)27-17-19-28(20-18-27)25-11-7-8-16-29(25)21-30/h5-6,9-10,12,21,25H,3-4,7-8,11,13-20H2,1-2H3. The van der Waals surface area contributed by atoms with Crippen LogP contribution in [-0.4, -0.2) is 55.1 Å². The molecule has 2 heterocycles. The molecule has 1 aromatic rings. The first kappa shape index (κ1) is 21.4. The number of hydrogen-bond acceptors (Lipinski definition) is 3. The van der Waals surface area contributed by atoms with Crippen molar-refractivity contribution in [1.29, 1.82) is 0 Å². The molecule has 1 aromatic carbocycles. The zero-order valence-electron chi connectivity index (χ0n) is 19.0. The van der Waals surface area contributed by atoms with Gasteiger partial charge in [0.05, 0.1) is 6.17 Å². The van der Waals surface area contributed by atoms with Gasteiger partial charge in [0.25, 0.3) is 0 Å². The molecule has 2 fully saturated rings. The van der Waals surface area contributed by atoms with Crippen molar-refractivity contribution in [3.8, 4) is 0 Å². The van der Waals surface area contributed by atoms with E-state index in [9.17, 15) is 4.79 Å². The van der Waals surface area contributed by atoms with Gasteiger partial charge >= 0.3 is 0 Å². The van der Waals surface area contributed by atoms with Gasteiger partial charge in [-0.05, 0) is 55.6 Å². The third kappa shape index (κ3) is 4.30. The number of benzene rings is 1. The maximum absolute atomic E-state index is 11.5. The van der Waals surface area contributed by atoms with Crippen molar-refractivity contribution in [1.82, 2.24) is 9.80 Å². The number of hydrogen-bond donors (Lipinski definition) is 0. The van der Waals surface area contributed by atoms with Crippen LogP contribution in [0.5, 0.6) is 0 Å². The Balaban J connectivity index is 1.45. The van der Waals surface area contributed by atoms with Gasteiger partial charge in [-0.1, -0.05) is 51.0 Å². The number of carbonyl (C=O) groups excluding carboxylic acids is 1. The summed E-state index contributed by atoms with van der Waals surface area (Å²) in [5, 5.41) is 0. The molecule has 0 N–H and O–H groups in total. The summed E-state index contributed by atoms with van der Waals surface area (Å²) in [6.07, 6.45) is 13.7. The monoisotopic (exact) mass is 409 g/mol. The largest absolute Gasteiger partial charge is 0.368 e. The number of nitrogens with zero attached hydrogens (tertiary/aromatic N) is 3. The lowest BCUT2D eigenvalue weighted by atomic mass is 9.70. The zero-order chi connectivity index (χ0) is 21.0. The van der Waals surface area contributed by atoms with Crippen LogP contribution in [0.15, 0.2) is 30.3 Å². The van der Waals surface area contributed by atoms with Crippen LogP contribution in [0.2, 0.25) is 0 Å². The van der Waals surface area contributed by atoms with E-state index in [1.165, 1.54) is 49.8 Å². The zero-order valence-corrected chi connectivity index (χ0v) is 19.0. The summed E-state index contributed by atoms with van der Waals surface area (Å²) in [6, 6.07) is 9.02. The SMILES string of the molecule is CCC1(CC)CC=C(c2ccccc2N2CCN(C3CCCCN3C=O)CC2)CC1. The molecule has 1 unspecified atom stereocenters. The van der Waals surface area contributed by atoms with Gasteiger partial charge in [0.15, 0.2) is 0 Å². The Morgan fingerprint density at radius 3 is 2.47 bits per heavy atom. The summed E-state index contributed by atoms with van der Waals surface area (Å²) in [6.45, 7) is 9.79. The van der Waals surface area contributed by atoms with Crippen molar-refractivity contribution in [2.75, 3.05) is 37.6 Å². The average molecular weight is 410 g/mol. The molecule has 1 atom stereocenters. The Morgan fingerprint density at radius 1 is 1.03 bits per heavy atom. The van der Waals surface area contributed by atoms with Crippen molar-refractivity contribution >= 4 is 17.7 Å². The second kappa shape index (κ2) is 9.55. The molecule has 4 rings (SSSR count). The number of carbonyl (C=O) groups is 1. The number of likely N-dealkylation sites (tertiary alicyclic amines) is 1. The highest BCUT2D eigenvalue weighted by Crippen LogP contribution is 2.45. The molecule has 0 saturated carbocycles. The first-order chi connectivity index (χ1) is 14.7. The molecule has 164 valence electrons. The topological polar surface area (TPSA) is 26.8 Å². The third-order valence-corrected chi connectivity index (χ3v) is 8.18. The molecule has 1 aliphatic carbocycles. The molecule has 3 aliphatic rings. The molecule has 30 heavy (non-hydrogen) atoms. The van der Waals surface area contributed by atoms with Gasteiger partial charge < -0.3 is 9.80 Å². The Bertz CT molecular complexity index is 746. The second-order valence-corrected chi connectivity index (χ2v) is 9.50. The molecule has 0 spiro atoms. The fraction of sp³-hybridized carbons (Fsp3) is 0.654. The van der Waals surface area contributed by atoms with Crippen LogP contribution in [0.25, 0.3) is 5.57 Å². The molecule has 4 nitrogen and oxygen atoms in total. The maximum Gasteiger partial charge on any atom is 0.210 e. The number of para-hydroxylation sites is 1. The van der Waals surface area contributed by atoms with Gasteiger partial charge in [0, 0.05) is 44.0 Å². The Hall–Kier alpha value is -1.81. The predicted molar refractivity (Wildman–Crippen MR) is 125 cm³/mol. The number of allylic oxidation sites excluding steroid dienone is 2. The minimum atomic E-state index is 0.311. The normalized spacial score (nSPS) is 25.1. The quantitative estimate of drug-likeness (QED) is 0.608. The summed E-state index contributed by atoms with van der Waals surface area (Å²) < 4.78 is 0. The van der Waals surface area contributed by atoms with Crippen LogP contribution in [0.3, 0.4) is 0 Å². The highest BCUT2D eigenvalue weighted by atomic mass is 16.1. The third-order valence-electron chi connectivity index (χ3n) is 8.18. The van der Waals surface area contributed by atoms with Crippen LogP contribution < -0.4 is 4.90 Å². The molecule has 0 radical (unpaired) electrons. The van der Waals surface area contributed by atoms with Crippen LogP contribution in [0, 0.1) is 5.41 Å². The summed E-state index contributed by atoms with van der Waals surface area (Å²) in [4.78, 5) is 18.6. The average Bonchev–Trinajstić information content (AvgIpc) is 2.84. The number of piperazine rings is 1. The van der Waals surface area contributed by atoms with Gasteiger partial charge in [-0.25, -0.2) is 0 Å². The van der Waals surface area contributed by atoms with Crippen LogP contribution >= 0.6 is 0 Å². The minimum absolute atomic E-state index is 0.311. The molecule has 1 amide bonds. The van der Waals surface area contributed by atoms with E-state index in [0.717, 1.165) is 52.0 Å². The van der Waals surface area contributed by atoms with Gasteiger partial charge in [-0.15, -0.1) is 0 Å². The molecule has 0 bridgehead atoms. The molecular weight excluding hydrogens is 370 g/mol. The predicted octanol–water partition coefficient (Wildman–Crippen LogP) is 5.15. The number of anilines is 1. The van der Waals surface area contributed by atoms with E-state index >= 15 is 0 Å². The van der Waals surface area contributed by atoms with Crippen LogP contribution in [0.1, 0.15) is 70.8 Å². The van der Waals surface area contributed by atoms with Crippen molar-refractivity contribution in [3.05, 3.63) is 35.9 Å². The van der Waals surface area contributed by atoms with Gasteiger partial charge in [-0.3, -0.25) is 9.69 Å². The minimum Gasteiger partial charge on any atom is -0.368 e. The fourth-order valence-corrected chi connectivity index (χ4v) is 5.81. The smallest absolute Gasteiger partial charge is 0.210 e. The lowest BCUT2D eigenvalue weighted by Gasteiger charge is -2.45. The molecule has 2 aliphatic heterocycles. The Kier molecular flexibility index (Phi) is 6.82. The number of amides is 1. The van der Waals surface area contributed by atoms with E-state index in [4.69, 9.17) is 0 Å². The van der Waals surface area contributed by atoms with Gasteiger partial charge in [0.1, 0.15) is 0 Å². The lowest BCUT2D eigenvalue weighted by Crippen LogP contribution is -2.57. The Morgan fingerprint density at radius 2 is 1.80 bits per heavy atom. The highest BCUT2D eigenvalue weighted by molar-refractivity contribution is 5.77. The molecule has 2 saturated heterocycles. The van der Waals surface area contributed by atoms with Gasteiger partial charge in [-0.2, -0.15) is 0 Å². The number of rotatable bonds is 6. The molecular formula is C26H39N3O. The summed E-state index contributed by atoms with van der Waals surface area (Å²) in [5.74, 6) is 0. The first-order valence-corrected chi connectivity index (χ1v) is 12.2. The van der Waals surface area contributed by atoms with E-state index in [0.29, 0.717) is 11.6 Å². The van der Waals surface area contributed by atoms with Crippen molar-refractivity contribution < 1.29 is 4.79 Å². The maximum atomic E-state index is 11.5. The van der Waals surface area contributed by atoms with E-state index < -0.39 is 0 Å². The van der Waals surface area contributed by atoms with E-state index in [1.54, 1.807) is 5.57 Å². The lowest BCUT2D eigenvalue weighted by molar-refractivity contribution is -0.126. The van der Waals surface area contributed by atoms with Crippen molar-refractivity contribution in [2.45, 2.75) is 71.4 Å². The van der Waals surface area contributed by atoms with E-state index in [1.807, 2.05) is 4.90 Å². The van der Waals surface area contributed by atoms with Crippen LogP contribution in [0.4, 0.5) is 5.69 Å². The van der Waals surface area contributed by atoms with Crippen molar-refractivity contribution in [3.63, 3.8) is 0 Å².